The molecule has 1 aromatic heterocycles. The third kappa shape index (κ3) is 2.43. The molecule has 4 heteroatoms. The molecule has 14 heavy (non-hydrogen) atoms. The minimum atomic E-state index is 0.272. The lowest BCUT2D eigenvalue weighted by Gasteiger charge is -2.23. The van der Waals surface area contributed by atoms with Gasteiger partial charge in [-0.1, -0.05) is 6.07 Å². The topological polar surface area (TPSA) is 60.2 Å². The summed E-state index contributed by atoms with van der Waals surface area (Å²) in [6.07, 6.45) is 2.99. The van der Waals surface area contributed by atoms with Gasteiger partial charge in [0, 0.05) is 25.7 Å². The van der Waals surface area contributed by atoms with Gasteiger partial charge in [0.1, 0.15) is 5.82 Å². The zero-order chi connectivity index (χ0) is 9.80. The number of morpholine rings is 1. The number of nitrogens with two attached hydrogens (primary N) is 1. The van der Waals surface area contributed by atoms with Crippen LogP contribution in [0.3, 0.4) is 0 Å². The number of rotatable bonds is 2. The lowest BCUT2D eigenvalue weighted by molar-refractivity contribution is 0.0292. The van der Waals surface area contributed by atoms with Crippen LogP contribution in [0.15, 0.2) is 18.3 Å². The molecule has 0 aliphatic carbocycles. The molecule has 0 bridgehead atoms. The summed E-state index contributed by atoms with van der Waals surface area (Å²) >= 11 is 0. The molecule has 1 saturated heterocycles. The summed E-state index contributed by atoms with van der Waals surface area (Å²) in [7, 11) is 0. The number of hydrogen-bond donors (Lipinski definition) is 2. The van der Waals surface area contributed by atoms with Gasteiger partial charge in [-0.05, 0) is 11.6 Å². The van der Waals surface area contributed by atoms with Crippen LogP contribution in [-0.2, 0) is 11.2 Å². The summed E-state index contributed by atoms with van der Waals surface area (Å²) in [4.78, 5) is 4.05. The number of nitrogens with zero attached hydrogens (tertiary/aromatic N) is 1. The Morgan fingerprint density at radius 3 is 3.14 bits per heavy atom. The Bertz CT molecular complexity index is 280. The van der Waals surface area contributed by atoms with E-state index in [9.17, 15) is 0 Å². The Morgan fingerprint density at radius 1 is 1.57 bits per heavy atom. The highest BCUT2D eigenvalue weighted by molar-refractivity contribution is 5.29. The van der Waals surface area contributed by atoms with Crippen LogP contribution in [0.25, 0.3) is 0 Å². The molecule has 2 rings (SSSR count). The number of aromatic nitrogens is 1. The first-order valence-electron chi connectivity index (χ1n) is 4.87. The Balaban J connectivity index is 1.92. The van der Waals surface area contributed by atoms with Gasteiger partial charge in [0.05, 0.1) is 12.7 Å². The van der Waals surface area contributed by atoms with Crippen LogP contribution in [0.1, 0.15) is 5.56 Å². The molecular weight excluding hydrogens is 178 g/mol. The number of nitrogen functional groups attached to an aromatic ring is 1. The van der Waals surface area contributed by atoms with Gasteiger partial charge in [-0.2, -0.15) is 0 Å². The summed E-state index contributed by atoms with van der Waals surface area (Å²) in [5, 5.41) is 3.30. The fourth-order valence-electron chi connectivity index (χ4n) is 1.57. The van der Waals surface area contributed by atoms with Crippen LogP contribution in [-0.4, -0.2) is 30.8 Å². The van der Waals surface area contributed by atoms with Gasteiger partial charge in [-0.15, -0.1) is 0 Å². The Kier molecular flexibility index (Phi) is 2.96. The highest BCUT2D eigenvalue weighted by Crippen LogP contribution is 2.07. The van der Waals surface area contributed by atoms with Crippen LogP contribution >= 0.6 is 0 Å². The van der Waals surface area contributed by atoms with Gasteiger partial charge in [-0.3, -0.25) is 0 Å². The number of nitrogens with one attached hydrogen (secondary N) is 1. The van der Waals surface area contributed by atoms with E-state index < -0.39 is 0 Å². The van der Waals surface area contributed by atoms with E-state index in [0.717, 1.165) is 26.1 Å². The van der Waals surface area contributed by atoms with Gasteiger partial charge in [0.25, 0.3) is 0 Å². The predicted octanol–water partition coefficient (Wildman–Crippen LogP) is 0.195. The second-order valence-corrected chi connectivity index (χ2v) is 3.49. The third-order valence-corrected chi connectivity index (χ3v) is 2.32. The molecule has 1 fully saturated rings. The molecule has 0 radical (unpaired) electrons. The number of anilines is 1. The second kappa shape index (κ2) is 4.39. The minimum Gasteiger partial charge on any atom is -0.384 e. The van der Waals surface area contributed by atoms with Crippen molar-refractivity contribution < 1.29 is 4.74 Å². The zero-order valence-corrected chi connectivity index (χ0v) is 8.07. The van der Waals surface area contributed by atoms with Crippen molar-refractivity contribution >= 4 is 5.82 Å². The maximum atomic E-state index is 5.59. The van der Waals surface area contributed by atoms with Crippen molar-refractivity contribution in [3.05, 3.63) is 23.9 Å². The normalized spacial score (nSPS) is 22.1. The van der Waals surface area contributed by atoms with E-state index in [0.29, 0.717) is 5.82 Å². The van der Waals surface area contributed by atoms with Gasteiger partial charge < -0.3 is 15.8 Å². The van der Waals surface area contributed by atoms with E-state index in [2.05, 4.69) is 10.3 Å². The van der Waals surface area contributed by atoms with Gasteiger partial charge in [0.2, 0.25) is 0 Å². The van der Waals surface area contributed by atoms with Crippen molar-refractivity contribution in [1.82, 2.24) is 10.3 Å². The molecule has 0 spiro atoms. The largest absolute Gasteiger partial charge is 0.384 e. The summed E-state index contributed by atoms with van der Waals surface area (Å²) in [6, 6.07) is 3.83. The van der Waals surface area contributed by atoms with Crippen molar-refractivity contribution in [3.63, 3.8) is 0 Å². The molecule has 0 amide bonds. The lowest BCUT2D eigenvalue weighted by atomic mass is 10.1. The Labute approximate surface area is 83.5 Å². The molecular formula is C10H15N3O. The first kappa shape index (κ1) is 9.43. The standard InChI is InChI=1S/C10H15N3O/c11-10-2-1-8(6-13-10)5-9-7-12-3-4-14-9/h1-2,6,9,12H,3-5,7H2,(H2,11,13). The maximum absolute atomic E-state index is 5.59. The van der Waals surface area contributed by atoms with Crippen LogP contribution in [0.4, 0.5) is 5.82 Å². The first-order chi connectivity index (χ1) is 6.84. The lowest BCUT2D eigenvalue weighted by Crippen LogP contribution is -2.39. The fraction of sp³-hybridized carbons (Fsp3) is 0.500. The van der Waals surface area contributed by atoms with E-state index in [4.69, 9.17) is 10.5 Å². The van der Waals surface area contributed by atoms with Crippen LogP contribution in [0, 0.1) is 0 Å². The summed E-state index contributed by atoms with van der Waals surface area (Å²) in [6.45, 7) is 2.67. The average molecular weight is 193 g/mol. The highest BCUT2D eigenvalue weighted by atomic mass is 16.5. The van der Waals surface area contributed by atoms with Crippen LogP contribution < -0.4 is 11.1 Å². The Hall–Kier alpha value is -1.13. The molecule has 1 unspecified atom stereocenters. The van der Waals surface area contributed by atoms with E-state index in [1.807, 2.05) is 18.3 Å². The summed E-state index contributed by atoms with van der Waals surface area (Å²) < 4.78 is 5.59. The van der Waals surface area contributed by atoms with Crippen LogP contribution in [0.2, 0.25) is 0 Å². The number of ether oxygens (including phenoxy) is 1. The van der Waals surface area contributed by atoms with Crippen molar-refractivity contribution in [3.8, 4) is 0 Å². The fourth-order valence-corrected chi connectivity index (χ4v) is 1.57. The smallest absolute Gasteiger partial charge is 0.123 e. The minimum absolute atomic E-state index is 0.272. The molecule has 0 saturated carbocycles. The molecule has 3 N–H and O–H groups in total. The predicted molar refractivity (Wildman–Crippen MR) is 55.0 cm³/mol. The van der Waals surface area contributed by atoms with Gasteiger partial charge in [-0.25, -0.2) is 4.98 Å². The van der Waals surface area contributed by atoms with Crippen molar-refractivity contribution in [1.29, 1.82) is 0 Å². The van der Waals surface area contributed by atoms with Gasteiger partial charge in [0.15, 0.2) is 0 Å². The second-order valence-electron chi connectivity index (χ2n) is 3.49. The van der Waals surface area contributed by atoms with E-state index in [-0.39, 0.29) is 6.10 Å². The Morgan fingerprint density at radius 2 is 2.50 bits per heavy atom. The zero-order valence-electron chi connectivity index (χ0n) is 8.07. The van der Waals surface area contributed by atoms with E-state index in [1.165, 1.54) is 5.56 Å². The summed E-state index contributed by atoms with van der Waals surface area (Å²) in [5.41, 5.74) is 6.68. The first-order valence-corrected chi connectivity index (χ1v) is 4.87. The molecule has 1 aliphatic rings. The van der Waals surface area contributed by atoms with E-state index >= 15 is 0 Å². The maximum Gasteiger partial charge on any atom is 0.123 e. The van der Waals surface area contributed by atoms with Crippen LogP contribution in [0.5, 0.6) is 0 Å². The molecule has 1 atom stereocenters. The molecule has 1 aromatic rings. The number of hydrogen-bond acceptors (Lipinski definition) is 4. The van der Waals surface area contributed by atoms with Crippen molar-refractivity contribution in [2.45, 2.75) is 12.5 Å². The molecule has 1 aliphatic heterocycles. The van der Waals surface area contributed by atoms with Crippen molar-refractivity contribution in [2.75, 3.05) is 25.4 Å². The van der Waals surface area contributed by atoms with E-state index in [1.54, 1.807) is 0 Å². The number of pyridine rings is 1. The highest BCUT2D eigenvalue weighted by Gasteiger charge is 2.13. The molecule has 2 heterocycles. The molecule has 76 valence electrons. The molecule has 4 nitrogen and oxygen atoms in total. The SMILES string of the molecule is Nc1ccc(CC2CNCCO2)cn1. The third-order valence-electron chi connectivity index (χ3n) is 2.32. The summed E-state index contributed by atoms with van der Waals surface area (Å²) in [5.74, 6) is 0.566. The average Bonchev–Trinajstić information content (AvgIpc) is 2.23. The quantitative estimate of drug-likeness (QED) is 0.704. The van der Waals surface area contributed by atoms with Crippen molar-refractivity contribution in [2.24, 2.45) is 0 Å². The molecule has 0 aromatic carbocycles. The monoisotopic (exact) mass is 193 g/mol. The van der Waals surface area contributed by atoms with Gasteiger partial charge >= 0.3 is 0 Å².